The highest BCUT2D eigenvalue weighted by molar-refractivity contribution is 6.08. The standard InChI is InChI=1S/C14H16O7/c1-6-5-14(19-4)11(17)10(20-6)9-7(15)8(16)12(18-3)13(14,2)21-9/h5,9-10,16H,1-4H3. The topological polar surface area (TPSA) is 91.3 Å². The summed E-state index contributed by atoms with van der Waals surface area (Å²) in [6.45, 7) is 3.21. The van der Waals surface area contributed by atoms with Gasteiger partial charge in [-0.2, -0.15) is 0 Å². The fourth-order valence-electron chi connectivity index (χ4n) is 3.36. The van der Waals surface area contributed by atoms with E-state index in [1.165, 1.54) is 20.3 Å². The van der Waals surface area contributed by atoms with Crippen LogP contribution in [-0.4, -0.2) is 54.3 Å². The summed E-state index contributed by atoms with van der Waals surface area (Å²) in [5, 5.41) is 10.1. The molecule has 3 aliphatic heterocycles. The number of Topliss-reactive ketones (excluding diaryl/α,β-unsaturated/α-hetero) is 2. The van der Waals surface area contributed by atoms with Crippen LogP contribution >= 0.6 is 0 Å². The van der Waals surface area contributed by atoms with Gasteiger partial charge in [-0.3, -0.25) is 9.59 Å². The van der Waals surface area contributed by atoms with E-state index in [0.29, 0.717) is 5.76 Å². The largest absolute Gasteiger partial charge is 0.502 e. The predicted octanol–water partition coefficient (Wildman–Crippen LogP) is 0.399. The molecule has 0 spiro atoms. The lowest BCUT2D eigenvalue weighted by atomic mass is 9.69. The number of carbonyl (C=O) groups is 2. The first-order valence-electron chi connectivity index (χ1n) is 6.47. The Bertz CT molecular complexity index is 604. The van der Waals surface area contributed by atoms with Gasteiger partial charge in [0.1, 0.15) is 0 Å². The SMILES string of the molecule is COC1=C(O)C(=O)C2OC1(C)C1(OC)C=C(C)OC2C1=O. The molecule has 3 rings (SSSR count). The van der Waals surface area contributed by atoms with Crippen molar-refractivity contribution < 1.29 is 33.6 Å². The molecule has 1 N–H and O–H groups in total. The smallest absolute Gasteiger partial charge is 0.233 e. The van der Waals surface area contributed by atoms with Gasteiger partial charge in [0.25, 0.3) is 0 Å². The summed E-state index contributed by atoms with van der Waals surface area (Å²) in [7, 11) is 2.66. The Morgan fingerprint density at radius 3 is 2.52 bits per heavy atom. The van der Waals surface area contributed by atoms with Crippen LogP contribution in [0.25, 0.3) is 0 Å². The Morgan fingerprint density at radius 1 is 1.29 bits per heavy atom. The number of fused-ring (bicyclic) bond motifs is 6. The second-order valence-electron chi connectivity index (χ2n) is 5.42. The molecule has 0 aliphatic carbocycles. The average Bonchev–Trinajstić information content (AvgIpc) is 2.44. The summed E-state index contributed by atoms with van der Waals surface area (Å²) in [4.78, 5) is 24.9. The van der Waals surface area contributed by atoms with E-state index in [0.717, 1.165) is 0 Å². The summed E-state index contributed by atoms with van der Waals surface area (Å²) < 4.78 is 21.8. The Morgan fingerprint density at radius 2 is 1.95 bits per heavy atom. The predicted molar refractivity (Wildman–Crippen MR) is 68.3 cm³/mol. The van der Waals surface area contributed by atoms with Crippen molar-refractivity contribution in [2.24, 2.45) is 0 Å². The Labute approximate surface area is 121 Å². The molecule has 4 bridgehead atoms. The molecular weight excluding hydrogens is 280 g/mol. The van der Waals surface area contributed by atoms with Crippen LogP contribution in [0.2, 0.25) is 0 Å². The maximum absolute atomic E-state index is 12.8. The number of aliphatic hydroxyl groups is 1. The monoisotopic (exact) mass is 296 g/mol. The van der Waals surface area contributed by atoms with Crippen molar-refractivity contribution in [2.45, 2.75) is 37.3 Å². The second-order valence-corrected chi connectivity index (χ2v) is 5.42. The Kier molecular flexibility index (Phi) is 2.74. The molecule has 4 unspecified atom stereocenters. The molecule has 1 saturated heterocycles. The van der Waals surface area contributed by atoms with Crippen molar-refractivity contribution in [3.63, 3.8) is 0 Å². The zero-order valence-corrected chi connectivity index (χ0v) is 12.1. The molecule has 7 nitrogen and oxygen atoms in total. The molecular formula is C14H16O7. The first-order chi connectivity index (χ1) is 9.82. The third kappa shape index (κ3) is 1.40. The summed E-state index contributed by atoms with van der Waals surface area (Å²) >= 11 is 0. The number of ketones is 2. The van der Waals surface area contributed by atoms with Crippen LogP contribution in [0.5, 0.6) is 0 Å². The number of rotatable bonds is 2. The molecule has 0 radical (unpaired) electrons. The molecule has 0 amide bonds. The van der Waals surface area contributed by atoms with Gasteiger partial charge >= 0.3 is 0 Å². The fraction of sp³-hybridized carbons (Fsp3) is 0.571. The van der Waals surface area contributed by atoms with Gasteiger partial charge in [-0.1, -0.05) is 0 Å². The van der Waals surface area contributed by atoms with E-state index < -0.39 is 40.7 Å². The summed E-state index contributed by atoms with van der Waals surface area (Å²) in [6.07, 6.45) is -0.867. The molecule has 0 saturated carbocycles. The highest BCUT2D eigenvalue weighted by Gasteiger charge is 2.71. The molecule has 0 aromatic carbocycles. The highest BCUT2D eigenvalue weighted by atomic mass is 16.6. The van der Waals surface area contributed by atoms with Gasteiger partial charge in [0, 0.05) is 7.11 Å². The van der Waals surface area contributed by atoms with E-state index in [1.807, 2.05) is 0 Å². The van der Waals surface area contributed by atoms with Gasteiger partial charge in [-0.15, -0.1) is 0 Å². The Balaban J connectivity index is 2.34. The van der Waals surface area contributed by atoms with Crippen LogP contribution in [0.4, 0.5) is 0 Å². The lowest BCUT2D eigenvalue weighted by Crippen LogP contribution is -2.75. The number of hydrogen-bond donors (Lipinski definition) is 1. The number of ether oxygens (including phenoxy) is 4. The minimum absolute atomic E-state index is 0.122. The molecule has 4 atom stereocenters. The van der Waals surface area contributed by atoms with Crippen LogP contribution in [-0.2, 0) is 28.5 Å². The molecule has 0 aromatic heterocycles. The van der Waals surface area contributed by atoms with E-state index in [9.17, 15) is 14.7 Å². The molecule has 1 fully saturated rings. The van der Waals surface area contributed by atoms with Gasteiger partial charge in [0.05, 0.1) is 12.9 Å². The lowest BCUT2D eigenvalue weighted by molar-refractivity contribution is -0.248. The maximum Gasteiger partial charge on any atom is 0.233 e. The summed E-state index contributed by atoms with van der Waals surface area (Å²) in [5.41, 5.74) is -2.96. The van der Waals surface area contributed by atoms with Gasteiger partial charge in [-0.25, -0.2) is 0 Å². The number of methoxy groups -OCH3 is 2. The van der Waals surface area contributed by atoms with Crippen molar-refractivity contribution in [3.05, 3.63) is 23.4 Å². The molecule has 21 heavy (non-hydrogen) atoms. The molecule has 0 aromatic rings. The number of allylic oxidation sites excluding steroid dienone is 1. The van der Waals surface area contributed by atoms with Crippen LogP contribution in [0.3, 0.4) is 0 Å². The van der Waals surface area contributed by atoms with Crippen LogP contribution in [0.15, 0.2) is 23.4 Å². The van der Waals surface area contributed by atoms with E-state index in [-0.39, 0.29) is 5.76 Å². The molecule has 7 heteroatoms. The van der Waals surface area contributed by atoms with Crippen molar-refractivity contribution >= 4 is 11.6 Å². The minimum atomic E-state index is -1.52. The number of hydrogen-bond acceptors (Lipinski definition) is 7. The maximum atomic E-state index is 12.8. The van der Waals surface area contributed by atoms with Gasteiger partial charge in [0.15, 0.2) is 29.2 Å². The fourth-order valence-corrected chi connectivity index (χ4v) is 3.36. The van der Waals surface area contributed by atoms with Gasteiger partial charge < -0.3 is 24.1 Å². The quantitative estimate of drug-likeness (QED) is 0.788. The van der Waals surface area contributed by atoms with Crippen molar-refractivity contribution in [3.8, 4) is 0 Å². The first kappa shape index (κ1) is 14.1. The molecule has 114 valence electrons. The van der Waals surface area contributed by atoms with Gasteiger partial charge in [-0.05, 0) is 19.9 Å². The number of carbonyl (C=O) groups excluding carboxylic acids is 2. The third-order valence-corrected chi connectivity index (χ3v) is 4.36. The van der Waals surface area contributed by atoms with E-state index >= 15 is 0 Å². The second kappa shape index (κ2) is 4.08. The number of aliphatic hydroxyl groups excluding tert-OH is 1. The van der Waals surface area contributed by atoms with Crippen LogP contribution < -0.4 is 0 Å². The van der Waals surface area contributed by atoms with E-state index in [1.54, 1.807) is 13.8 Å². The molecule has 3 aliphatic rings. The van der Waals surface area contributed by atoms with Crippen LogP contribution in [0, 0.1) is 0 Å². The average molecular weight is 296 g/mol. The normalized spacial score (nSPS) is 41.6. The summed E-state index contributed by atoms with van der Waals surface area (Å²) in [5.74, 6) is -1.40. The third-order valence-electron chi connectivity index (χ3n) is 4.36. The minimum Gasteiger partial charge on any atom is -0.502 e. The molecule has 3 heterocycles. The first-order valence-corrected chi connectivity index (χ1v) is 6.47. The van der Waals surface area contributed by atoms with Crippen molar-refractivity contribution in [1.29, 1.82) is 0 Å². The highest BCUT2D eigenvalue weighted by Crippen LogP contribution is 2.50. The lowest BCUT2D eigenvalue weighted by Gasteiger charge is -2.55. The summed E-state index contributed by atoms with van der Waals surface area (Å²) in [6, 6.07) is 0. The zero-order valence-electron chi connectivity index (χ0n) is 12.1. The van der Waals surface area contributed by atoms with E-state index in [4.69, 9.17) is 18.9 Å². The van der Waals surface area contributed by atoms with E-state index in [2.05, 4.69) is 0 Å². The van der Waals surface area contributed by atoms with Crippen molar-refractivity contribution in [2.75, 3.05) is 14.2 Å². The zero-order chi connectivity index (χ0) is 15.6. The van der Waals surface area contributed by atoms with Crippen molar-refractivity contribution in [1.82, 2.24) is 0 Å². The van der Waals surface area contributed by atoms with Crippen LogP contribution in [0.1, 0.15) is 13.8 Å². The Hall–Kier alpha value is -1.86. The van der Waals surface area contributed by atoms with Gasteiger partial charge in [0.2, 0.25) is 17.3 Å².